The minimum absolute atomic E-state index is 0.0458. The molecule has 0 aliphatic heterocycles. The number of methoxy groups -OCH3 is 1. The summed E-state index contributed by atoms with van der Waals surface area (Å²) in [6, 6.07) is 3.23. The van der Waals surface area contributed by atoms with E-state index in [-0.39, 0.29) is 23.9 Å². The van der Waals surface area contributed by atoms with E-state index in [4.69, 9.17) is 4.74 Å². The summed E-state index contributed by atoms with van der Waals surface area (Å²) in [6.45, 7) is 0. The molecule has 1 unspecified atom stereocenters. The van der Waals surface area contributed by atoms with Crippen LogP contribution in [0.25, 0.3) is 5.78 Å². The van der Waals surface area contributed by atoms with E-state index < -0.39 is 5.91 Å². The van der Waals surface area contributed by atoms with Crippen molar-refractivity contribution >= 4 is 11.7 Å². The standard InChI is InChI=1S/C17H18N6O3/c1-26-13-7-11(8-18-9-13)14(10-5-12(24)6-10)20-16(25)15-21-17-19-3-2-4-23(17)22-15/h2-4,7-10,12,14,24H,5-6H2,1H3,(H,20,25). The maximum atomic E-state index is 12.7. The molecule has 1 fully saturated rings. The first-order valence-electron chi connectivity index (χ1n) is 8.29. The van der Waals surface area contributed by atoms with Crippen LogP contribution in [-0.4, -0.2) is 48.8 Å². The molecule has 0 saturated heterocycles. The normalized spacial score (nSPS) is 20.4. The second-order valence-corrected chi connectivity index (χ2v) is 6.29. The zero-order valence-corrected chi connectivity index (χ0v) is 14.1. The summed E-state index contributed by atoms with van der Waals surface area (Å²) in [7, 11) is 1.56. The Bertz CT molecular complexity index is 904. The van der Waals surface area contributed by atoms with Crippen molar-refractivity contribution < 1.29 is 14.6 Å². The van der Waals surface area contributed by atoms with Gasteiger partial charge in [-0.3, -0.25) is 9.78 Å². The van der Waals surface area contributed by atoms with Crippen molar-refractivity contribution in [1.82, 2.24) is 29.9 Å². The molecule has 1 aliphatic rings. The van der Waals surface area contributed by atoms with Crippen LogP contribution in [0.4, 0.5) is 0 Å². The summed E-state index contributed by atoms with van der Waals surface area (Å²) in [5.74, 6) is 0.722. The van der Waals surface area contributed by atoms with E-state index >= 15 is 0 Å². The minimum atomic E-state index is -0.398. The van der Waals surface area contributed by atoms with Crippen LogP contribution in [0.3, 0.4) is 0 Å². The van der Waals surface area contributed by atoms with E-state index in [0.717, 1.165) is 5.56 Å². The van der Waals surface area contributed by atoms with Gasteiger partial charge in [-0.2, -0.15) is 4.98 Å². The molecule has 134 valence electrons. The van der Waals surface area contributed by atoms with Gasteiger partial charge in [-0.15, -0.1) is 5.10 Å². The highest BCUT2D eigenvalue weighted by molar-refractivity contribution is 5.91. The van der Waals surface area contributed by atoms with Crippen molar-refractivity contribution in [1.29, 1.82) is 0 Å². The first kappa shape index (κ1) is 16.4. The molecule has 9 nitrogen and oxygen atoms in total. The Morgan fingerprint density at radius 2 is 2.27 bits per heavy atom. The quantitative estimate of drug-likeness (QED) is 0.695. The summed E-state index contributed by atoms with van der Waals surface area (Å²) >= 11 is 0. The molecule has 0 radical (unpaired) electrons. The van der Waals surface area contributed by atoms with Gasteiger partial charge in [-0.1, -0.05) is 0 Å². The molecule has 9 heteroatoms. The van der Waals surface area contributed by atoms with Crippen LogP contribution in [0, 0.1) is 5.92 Å². The smallest absolute Gasteiger partial charge is 0.291 e. The molecule has 0 bridgehead atoms. The van der Waals surface area contributed by atoms with Crippen LogP contribution in [0.1, 0.15) is 35.1 Å². The van der Waals surface area contributed by atoms with Crippen molar-refractivity contribution in [3.63, 3.8) is 0 Å². The van der Waals surface area contributed by atoms with Crippen LogP contribution in [0.5, 0.6) is 5.75 Å². The van der Waals surface area contributed by atoms with Crippen LogP contribution < -0.4 is 10.1 Å². The summed E-state index contributed by atoms with van der Waals surface area (Å²) in [6.07, 6.45) is 7.45. The van der Waals surface area contributed by atoms with Gasteiger partial charge in [0, 0.05) is 18.6 Å². The summed E-state index contributed by atoms with van der Waals surface area (Å²) in [5, 5.41) is 16.8. The minimum Gasteiger partial charge on any atom is -0.495 e. The van der Waals surface area contributed by atoms with Crippen LogP contribution in [-0.2, 0) is 0 Å². The number of hydrogen-bond acceptors (Lipinski definition) is 7. The van der Waals surface area contributed by atoms with Gasteiger partial charge in [0.15, 0.2) is 0 Å². The number of amides is 1. The third kappa shape index (κ3) is 3.08. The highest BCUT2D eigenvalue weighted by atomic mass is 16.5. The Labute approximate surface area is 149 Å². The Hall–Kier alpha value is -3.07. The van der Waals surface area contributed by atoms with Gasteiger partial charge in [0.05, 0.1) is 25.5 Å². The third-order valence-electron chi connectivity index (χ3n) is 4.56. The number of fused-ring (bicyclic) bond motifs is 1. The number of ether oxygens (including phenoxy) is 1. The predicted molar refractivity (Wildman–Crippen MR) is 90.5 cm³/mol. The fraction of sp³-hybridized carbons (Fsp3) is 0.353. The van der Waals surface area contributed by atoms with Crippen molar-refractivity contribution in [3.8, 4) is 5.75 Å². The first-order chi connectivity index (χ1) is 12.6. The lowest BCUT2D eigenvalue weighted by Crippen LogP contribution is -2.41. The number of carbonyl (C=O) groups excluding carboxylic acids is 1. The molecule has 26 heavy (non-hydrogen) atoms. The number of hydrogen-bond donors (Lipinski definition) is 2. The number of aliphatic hydroxyl groups is 1. The van der Waals surface area contributed by atoms with Crippen molar-refractivity contribution in [2.45, 2.75) is 25.0 Å². The fourth-order valence-electron chi connectivity index (χ4n) is 3.13. The summed E-state index contributed by atoms with van der Waals surface area (Å²) in [4.78, 5) is 25.1. The number of rotatable bonds is 5. The number of nitrogens with zero attached hydrogens (tertiary/aromatic N) is 5. The monoisotopic (exact) mass is 354 g/mol. The molecular weight excluding hydrogens is 336 g/mol. The van der Waals surface area contributed by atoms with Gasteiger partial charge in [0.25, 0.3) is 11.7 Å². The van der Waals surface area contributed by atoms with E-state index in [0.29, 0.717) is 24.4 Å². The Balaban J connectivity index is 1.60. The van der Waals surface area contributed by atoms with Gasteiger partial charge in [-0.25, -0.2) is 9.50 Å². The molecule has 1 atom stereocenters. The molecular formula is C17H18N6O3. The molecule has 0 spiro atoms. The molecule has 1 aliphatic carbocycles. The van der Waals surface area contributed by atoms with Gasteiger partial charge in [0.1, 0.15) is 5.75 Å². The molecule has 3 aromatic rings. The number of aliphatic hydroxyl groups excluding tert-OH is 1. The second kappa shape index (κ2) is 6.68. The Kier molecular flexibility index (Phi) is 4.21. The fourth-order valence-corrected chi connectivity index (χ4v) is 3.13. The van der Waals surface area contributed by atoms with Crippen molar-refractivity contribution in [2.24, 2.45) is 5.92 Å². The largest absolute Gasteiger partial charge is 0.495 e. The van der Waals surface area contributed by atoms with Crippen molar-refractivity contribution in [2.75, 3.05) is 7.11 Å². The lowest BCUT2D eigenvalue weighted by Gasteiger charge is -2.38. The molecule has 3 heterocycles. The van der Waals surface area contributed by atoms with E-state index in [1.54, 1.807) is 38.0 Å². The lowest BCUT2D eigenvalue weighted by atomic mass is 9.75. The van der Waals surface area contributed by atoms with Crippen molar-refractivity contribution in [3.05, 3.63) is 48.3 Å². The maximum absolute atomic E-state index is 12.7. The van der Waals surface area contributed by atoms with E-state index in [1.165, 1.54) is 4.52 Å². The molecule has 1 saturated carbocycles. The zero-order chi connectivity index (χ0) is 18.1. The Morgan fingerprint density at radius 1 is 1.42 bits per heavy atom. The van der Waals surface area contributed by atoms with Gasteiger partial charge in [0.2, 0.25) is 5.82 Å². The molecule has 3 aromatic heterocycles. The topological polar surface area (TPSA) is 115 Å². The number of pyridine rings is 1. The molecule has 2 N–H and O–H groups in total. The predicted octanol–water partition coefficient (Wildman–Crippen LogP) is 0.770. The zero-order valence-electron chi connectivity index (χ0n) is 14.1. The summed E-state index contributed by atoms with van der Waals surface area (Å²) < 4.78 is 6.67. The highest BCUT2D eigenvalue weighted by Gasteiger charge is 2.36. The van der Waals surface area contributed by atoms with E-state index in [1.807, 2.05) is 6.07 Å². The third-order valence-corrected chi connectivity index (χ3v) is 4.56. The lowest BCUT2D eigenvalue weighted by molar-refractivity contribution is 0.0233. The number of nitrogens with one attached hydrogen (secondary N) is 1. The summed E-state index contributed by atoms with van der Waals surface area (Å²) in [5.41, 5.74) is 0.816. The average Bonchev–Trinajstić information content (AvgIpc) is 3.08. The average molecular weight is 354 g/mol. The van der Waals surface area contributed by atoms with Gasteiger partial charge < -0.3 is 15.2 Å². The molecule has 0 aromatic carbocycles. The number of carbonyl (C=O) groups is 1. The van der Waals surface area contributed by atoms with Gasteiger partial charge in [-0.05, 0) is 36.5 Å². The van der Waals surface area contributed by atoms with E-state index in [2.05, 4.69) is 25.4 Å². The number of aromatic nitrogens is 5. The van der Waals surface area contributed by atoms with E-state index in [9.17, 15) is 9.90 Å². The first-order valence-corrected chi connectivity index (χ1v) is 8.29. The van der Waals surface area contributed by atoms with Gasteiger partial charge >= 0.3 is 0 Å². The van der Waals surface area contributed by atoms with Crippen LogP contribution in [0.2, 0.25) is 0 Å². The van der Waals surface area contributed by atoms with Crippen LogP contribution >= 0.6 is 0 Å². The Morgan fingerprint density at radius 3 is 3.00 bits per heavy atom. The van der Waals surface area contributed by atoms with Crippen LogP contribution in [0.15, 0.2) is 36.9 Å². The molecule has 4 rings (SSSR count). The highest BCUT2D eigenvalue weighted by Crippen LogP contribution is 2.38. The SMILES string of the molecule is COc1cncc(C(NC(=O)c2nc3ncccn3n2)C2CC(O)C2)c1. The molecule has 1 amide bonds. The maximum Gasteiger partial charge on any atom is 0.291 e. The second-order valence-electron chi connectivity index (χ2n) is 6.29.